The molecule has 1 aromatic carbocycles. The summed E-state index contributed by atoms with van der Waals surface area (Å²) in [5.41, 5.74) is -1.22. The van der Waals surface area contributed by atoms with Crippen LogP contribution < -0.4 is 0 Å². The summed E-state index contributed by atoms with van der Waals surface area (Å²) in [4.78, 5) is 10.3. The Balaban J connectivity index is 2.41. The van der Waals surface area contributed by atoms with Gasteiger partial charge in [-0.1, -0.05) is 0 Å². The van der Waals surface area contributed by atoms with Crippen molar-refractivity contribution in [2.75, 3.05) is 13.1 Å². The Kier molecular flexibility index (Phi) is 4.11. The number of benzene rings is 1. The van der Waals surface area contributed by atoms with E-state index >= 15 is 0 Å². The number of rotatable bonds is 3. The Morgan fingerprint density at radius 1 is 1.38 bits per heavy atom. The summed E-state index contributed by atoms with van der Waals surface area (Å²) in [6, 6.07) is 1.32. The SMILES string of the molecule is CC1(C(=O)O)CCN(S(=O)(=O)c2cc(F)c(Br)cc2F)C1. The van der Waals surface area contributed by atoms with E-state index < -0.39 is 37.9 Å². The van der Waals surface area contributed by atoms with E-state index in [0.717, 1.165) is 10.4 Å². The summed E-state index contributed by atoms with van der Waals surface area (Å²) in [7, 11) is -4.28. The minimum atomic E-state index is -4.28. The molecule has 2 rings (SSSR count). The monoisotopic (exact) mass is 383 g/mol. The number of halogens is 3. The van der Waals surface area contributed by atoms with Crippen molar-refractivity contribution < 1.29 is 27.1 Å². The molecule has 0 radical (unpaired) electrons. The van der Waals surface area contributed by atoms with Gasteiger partial charge in [-0.2, -0.15) is 4.31 Å². The lowest BCUT2D eigenvalue weighted by molar-refractivity contribution is -0.146. The first-order valence-corrected chi connectivity index (χ1v) is 8.19. The fraction of sp³-hybridized carbons (Fsp3) is 0.417. The van der Waals surface area contributed by atoms with Gasteiger partial charge in [0, 0.05) is 13.1 Å². The lowest BCUT2D eigenvalue weighted by atomic mass is 9.90. The third-order valence-electron chi connectivity index (χ3n) is 3.55. The number of aliphatic carboxylic acids is 1. The first-order valence-electron chi connectivity index (χ1n) is 5.96. The Labute approximate surface area is 128 Å². The molecule has 1 aliphatic rings. The van der Waals surface area contributed by atoms with Gasteiger partial charge in [0.05, 0.1) is 9.89 Å². The van der Waals surface area contributed by atoms with Gasteiger partial charge in [-0.25, -0.2) is 17.2 Å². The molecule has 5 nitrogen and oxygen atoms in total. The van der Waals surface area contributed by atoms with Crippen LogP contribution in [0, 0.1) is 17.0 Å². The molecule has 9 heteroatoms. The van der Waals surface area contributed by atoms with Gasteiger partial charge in [0.25, 0.3) is 0 Å². The maximum absolute atomic E-state index is 13.8. The second-order valence-electron chi connectivity index (χ2n) is 5.15. The van der Waals surface area contributed by atoms with Crippen LogP contribution in [0.15, 0.2) is 21.5 Å². The first-order chi connectivity index (χ1) is 9.58. The number of carboxylic acid groups (broad SMARTS) is 1. The summed E-state index contributed by atoms with van der Waals surface area (Å²) in [5.74, 6) is -3.12. The maximum Gasteiger partial charge on any atom is 0.310 e. The van der Waals surface area contributed by atoms with Gasteiger partial charge < -0.3 is 5.11 Å². The van der Waals surface area contributed by atoms with Crippen LogP contribution in [-0.2, 0) is 14.8 Å². The lowest BCUT2D eigenvalue weighted by Gasteiger charge is -2.20. The summed E-state index contributed by atoms with van der Waals surface area (Å²) in [6.07, 6.45) is 0.113. The van der Waals surface area contributed by atoms with Crippen molar-refractivity contribution >= 4 is 31.9 Å². The van der Waals surface area contributed by atoms with Crippen LogP contribution in [0.25, 0.3) is 0 Å². The third-order valence-corrected chi connectivity index (χ3v) is 6.02. The van der Waals surface area contributed by atoms with Crippen molar-refractivity contribution in [1.82, 2.24) is 4.31 Å². The summed E-state index contributed by atoms with van der Waals surface area (Å²) >= 11 is 2.77. The zero-order valence-corrected chi connectivity index (χ0v) is 13.3. The molecule has 0 bridgehead atoms. The van der Waals surface area contributed by atoms with E-state index in [9.17, 15) is 22.0 Å². The van der Waals surface area contributed by atoms with Crippen LogP contribution in [0.1, 0.15) is 13.3 Å². The predicted molar refractivity (Wildman–Crippen MR) is 73.2 cm³/mol. The minimum Gasteiger partial charge on any atom is -0.481 e. The fourth-order valence-corrected chi connectivity index (χ4v) is 4.08. The molecular formula is C12H12BrF2NO4S. The Morgan fingerprint density at radius 2 is 2.00 bits per heavy atom. The molecule has 116 valence electrons. The molecule has 1 fully saturated rings. The number of nitrogens with zero attached hydrogens (tertiary/aromatic N) is 1. The zero-order chi connectivity index (χ0) is 16.0. The maximum atomic E-state index is 13.8. The van der Waals surface area contributed by atoms with E-state index in [1.807, 2.05) is 0 Å². The topological polar surface area (TPSA) is 74.7 Å². The molecule has 1 saturated heterocycles. The minimum absolute atomic E-state index is 0.0533. The van der Waals surface area contributed by atoms with Crippen molar-refractivity contribution in [3.8, 4) is 0 Å². The van der Waals surface area contributed by atoms with Gasteiger partial charge in [-0.15, -0.1) is 0 Å². The van der Waals surface area contributed by atoms with Crippen molar-refractivity contribution in [2.24, 2.45) is 5.41 Å². The molecule has 1 N–H and O–H groups in total. The molecule has 0 saturated carbocycles. The summed E-state index contributed by atoms with van der Waals surface area (Å²) in [5, 5.41) is 9.10. The average Bonchev–Trinajstić information content (AvgIpc) is 2.78. The van der Waals surface area contributed by atoms with Gasteiger partial charge >= 0.3 is 5.97 Å². The molecule has 0 aliphatic carbocycles. The van der Waals surface area contributed by atoms with E-state index in [0.29, 0.717) is 6.07 Å². The molecular weight excluding hydrogens is 372 g/mol. The highest BCUT2D eigenvalue weighted by molar-refractivity contribution is 9.10. The molecule has 0 amide bonds. The standard InChI is InChI=1S/C12H12BrF2NO4S/c1-12(11(17)18)2-3-16(6-12)21(19,20)10-5-8(14)7(13)4-9(10)15/h4-5H,2-3,6H2,1H3,(H,17,18). The molecule has 1 aliphatic heterocycles. The van der Waals surface area contributed by atoms with Crippen LogP contribution >= 0.6 is 15.9 Å². The number of hydrogen-bond donors (Lipinski definition) is 1. The quantitative estimate of drug-likeness (QED) is 0.812. The van der Waals surface area contributed by atoms with Crippen LogP contribution in [0.5, 0.6) is 0 Å². The Hall–Kier alpha value is -1.06. The van der Waals surface area contributed by atoms with Crippen LogP contribution in [0.3, 0.4) is 0 Å². The smallest absolute Gasteiger partial charge is 0.310 e. The second-order valence-corrected chi connectivity index (χ2v) is 7.91. The highest BCUT2D eigenvalue weighted by Gasteiger charge is 2.45. The number of sulfonamides is 1. The van der Waals surface area contributed by atoms with E-state index in [-0.39, 0.29) is 24.0 Å². The molecule has 1 aromatic rings. The van der Waals surface area contributed by atoms with E-state index in [1.54, 1.807) is 0 Å². The predicted octanol–water partition coefficient (Wildman–Crippen LogP) is 2.21. The highest BCUT2D eigenvalue weighted by atomic mass is 79.9. The van der Waals surface area contributed by atoms with Crippen LogP contribution in [0.4, 0.5) is 8.78 Å². The van der Waals surface area contributed by atoms with Gasteiger partial charge in [0.1, 0.15) is 16.5 Å². The van der Waals surface area contributed by atoms with Crippen molar-refractivity contribution in [3.63, 3.8) is 0 Å². The Morgan fingerprint density at radius 3 is 2.52 bits per heavy atom. The van der Waals surface area contributed by atoms with Crippen molar-refractivity contribution in [1.29, 1.82) is 0 Å². The number of carboxylic acids is 1. The van der Waals surface area contributed by atoms with Gasteiger partial charge in [-0.3, -0.25) is 4.79 Å². The van der Waals surface area contributed by atoms with Gasteiger partial charge in [-0.05, 0) is 41.4 Å². The molecule has 21 heavy (non-hydrogen) atoms. The third kappa shape index (κ3) is 2.82. The van der Waals surface area contributed by atoms with Crippen molar-refractivity contribution in [2.45, 2.75) is 18.2 Å². The highest BCUT2D eigenvalue weighted by Crippen LogP contribution is 2.35. The molecule has 1 unspecified atom stereocenters. The summed E-state index contributed by atoms with van der Waals surface area (Å²) < 4.78 is 52.6. The Bertz CT molecular complexity index is 709. The summed E-state index contributed by atoms with van der Waals surface area (Å²) in [6.45, 7) is 1.09. The average molecular weight is 384 g/mol. The molecule has 1 heterocycles. The fourth-order valence-electron chi connectivity index (χ4n) is 2.14. The molecule has 0 spiro atoms. The van der Waals surface area contributed by atoms with Gasteiger partial charge in [0.2, 0.25) is 10.0 Å². The largest absolute Gasteiger partial charge is 0.481 e. The van der Waals surface area contributed by atoms with Crippen molar-refractivity contribution in [3.05, 3.63) is 28.2 Å². The second kappa shape index (κ2) is 5.29. The normalized spacial score (nSPS) is 23.4. The number of carbonyl (C=O) groups is 1. The van der Waals surface area contributed by atoms with E-state index in [4.69, 9.17) is 5.11 Å². The van der Waals surface area contributed by atoms with Crippen LogP contribution in [-0.4, -0.2) is 36.9 Å². The lowest BCUT2D eigenvalue weighted by Crippen LogP contribution is -2.35. The zero-order valence-electron chi connectivity index (χ0n) is 10.9. The van der Waals surface area contributed by atoms with E-state index in [2.05, 4.69) is 15.9 Å². The first kappa shape index (κ1) is 16.3. The van der Waals surface area contributed by atoms with E-state index in [1.165, 1.54) is 6.92 Å². The molecule has 0 aromatic heterocycles. The number of hydrogen-bond acceptors (Lipinski definition) is 3. The molecule has 1 atom stereocenters. The van der Waals surface area contributed by atoms with Crippen LogP contribution in [0.2, 0.25) is 0 Å². The van der Waals surface area contributed by atoms with Gasteiger partial charge in [0.15, 0.2) is 0 Å².